The lowest BCUT2D eigenvalue weighted by atomic mass is 10.0. The first kappa shape index (κ1) is 13.0. The van der Waals surface area contributed by atoms with Crippen molar-refractivity contribution in [2.24, 2.45) is 0 Å². The van der Waals surface area contributed by atoms with E-state index in [9.17, 15) is 4.39 Å². The molecule has 4 rings (SSSR count). The Morgan fingerprint density at radius 1 is 1.05 bits per heavy atom. The average Bonchev–Trinajstić information content (AvgIpc) is 2.83. The number of aryl methyl sites for hydroxylation is 1. The Morgan fingerprint density at radius 2 is 1.91 bits per heavy atom. The van der Waals surface area contributed by atoms with Gasteiger partial charge in [0.15, 0.2) is 0 Å². The summed E-state index contributed by atoms with van der Waals surface area (Å²) in [7, 11) is 0. The van der Waals surface area contributed by atoms with Crippen LogP contribution in [0.1, 0.15) is 17.0 Å². The number of hydrogen-bond acceptors (Lipinski definition) is 1. The molecule has 2 nitrogen and oxygen atoms in total. The topological polar surface area (TPSA) is 28.7 Å². The molecule has 0 aliphatic heterocycles. The molecule has 0 fully saturated rings. The van der Waals surface area contributed by atoms with E-state index in [1.165, 1.54) is 6.07 Å². The standard InChI is InChI=1S/C19H15FN2/c1-12-16(17-10-14(20)7-9-19(17)21-12)11-15-8-6-13-4-2-3-5-18(13)22-15/h2-10,21H,11H2,1H3. The molecule has 4 aromatic rings. The first-order valence-electron chi connectivity index (χ1n) is 7.32. The molecule has 0 radical (unpaired) electrons. The lowest BCUT2D eigenvalue weighted by Gasteiger charge is -2.04. The van der Waals surface area contributed by atoms with Crippen LogP contribution in [0.5, 0.6) is 0 Å². The number of para-hydroxylation sites is 1. The number of nitrogens with zero attached hydrogens (tertiary/aromatic N) is 1. The fraction of sp³-hybridized carbons (Fsp3) is 0.105. The number of benzene rings is 2. The normalized spacial score (nSPS) is 11.4. The van der Waals surface area contributed by atoms with Crippen molar-refractivity contribution in [1.82, 2.24) is 9.97 Å². The van der Waals surface area contributed by atoms with E-state index in [1.807, 2.05) is 31.2 Å². The van der Waals surface area contributed by atoms with Gasteiger partial charge in [-0.05, 0) is 42.8 Å². The van der Waals surface area contributed by atoms with Gasteiger partial charge < -0.3 is 4.98 Å². The van der Waals surface area contributed by atoms with Crippen LogP contribution in [0.3, 0.4) is 0 Å². The maximum atomic E-state index is 13.5. The maximum absolute atomic E-state index is 13.5. The molecule has 0 saturated carbocycles. The fourth-order valence-electron chi connectivity index (χ4n) is 2.97. The van der Waals surface area contributed by atoms with Crippen LogP contribution in [-0.2, 0) is 6.42 Å². The number of aromatic amines is 1. The molecule has 0 aliphatic carbocycles. The van der Waals surface area contributed by atoms with E-state index in [0.29, 0.717) is 6.42 Å². The van der Waals surface area contributed by atoms with Crippen molar-refractivity contribution < 1.29 is 4.39 Å². The highest BCUT2D eigenvalue weighted by atomic mass is 19.1. The first-order chi connectivity index (χ1) is 10.7. The highest BCUT2D eigenvalue weighted by molar-refractivity contribution is 5.85. The number of hydrogen-bond donors (Lipinski definition) is 1. The van der Waals surface area contributed by atoms with Crippen molar-refractivity contribution in [2.45, 2.75) is 13.3 Å². The summed E-state index contributed by atoms with van der Waals surface area (Å²) in [6, 6.07) is 17.1. The highest BCUT2D eigenvalue weighted by Gasteiger charge is 2.11. The van der Waals surface area contributed by atoms with Crippen molar-refractivity contribution in [2.75, 3.05) is 0 Å². The summed E-state index contributed by atoms with van der Waals surface area (Å²) in [5.41, 5.74) is 5.12. The maximum Gasteiger partial charge on any atom is 0.123 e. The van der Waals surface area contributed by atoms with Gasteiger partial charge in [-0.1, -0.05) is 24.3 Å². The lowest BCUT2D eigenvalue weighted by molar-refractivity contribution is 0.629. The zero-order valence-corrected chi connectivity index (χ0v) is 12.2. The zero-order valence-electron chi connectivity index (χ0n) is 12.2. The van der Waals surface area contributed by atoms with Gasteiger partial charge in [-0.15, -0.1) is 0 Å². The summed E-state index contributed by atoms with van der Waals surface area (Å²) in [6.07, 6.45) is 0.695. The first-order valence-corrected chi connectivity index (χ1v) is 7.32. The molecule has 3 heteroatoms. The van der Waals surface area contributed by atoms with Gasteiger partial charge in [0, 0.05) is 34.1 Å². The van der Waals surface area contributed by atoms with Crippen molar-refractivity contribution in [1.29, 1.82) is 0 Å². The summed E-state index contributed by atoms with van der Waals surface area (Å²) in [4.78, 5) is 8.03. The second kappa shape index (κ2) is 4.95. The Morgan fingerprint density at radius 3 is 2.82 bits per heavy atom. The van der Waals surface area contributed by atoms with Crippen LogP contribution in [0.4, 0.5) is 4.39 Å². The molecule has 2 aromatic heterocycles. The molecular weight excluding hydrogens is 275 g/mol. The molecule has 0 saturated heterocycles. The van der Waals surface area contributed by atoms with E-state index >= 15 is 0 Å². The Bertz CT molecular complexity index is 985. The van der Waals surface area contributed by atoms with Crippen molar-refractivity contribution in [3.63, 3.8) is 0 Å². The largest absolute Gasteiger partial charge is 0.358 e. The van der Waals surface area contributed by atoms with Crippen LogP contribution < -0.4 is 0 Å². The quantitative estimate of drug-likeness (QED) is 0.567. The molecular formula is C19H15FN2. The molecule has 2 heterocycles. The van der Waals surface area contributed by atoms with Crippen LogP contribution in [-0.4, -0.2) is 9.97 Å². The Labute approximate surface area is 127 Å². The minimum atomic E-state index is -0.209. The summed E-state index contributed by atoms with van der Waals surface area (Å²) >= 11 is 0. The van der Waals surface area contributed by atoms with Crippen molar-refractivity contribution in [3.05, 3.63) is 77.4 Å². The number of H-pyrrole nitrogens is 1. The Balaban J connectivity index is 1.81. The fourth-order valence-corrected chi connectivity index (χ4v) is 2.97. The van der Waals surface area contributed by atoms with Gasteiger partial charge in [0.25, 0.3) is 0 Å². The van der Waals surface area contributed by atoms with Gasteiger partial charge in [0.05, 0.1) is 5.52 Å². The van der Waals surface area contributed by atoms with E-state index in [0.717, 1.165) is 38.8 Å². The minimum absolute atomic E-state index is 0.209. The molecule has 0 amide bonds. The van der Waals surface area contributed by atoms with Gasteiger partial charge in [-0.2, -0.15) is 0 Å². The summed E-state index contributed by atoms with van der Waals surface area (Å²) in [5.74, 6) is -0.209. The minimum Gasteiger partial charge on any atom is -0.358 e. The second-order valence-corrected chi connectivity index (χ2v) is 5.59. The molecule has 2 aromatic carbocycles. The van der Waals surface area contributed by atoms with Crippen LogP contribution in [0.15, 0.2) is 54.6 Å². The number of aromatic nitrogens is 2. The molecule has 0 unspecified atom stereocenters. The van der Waals surface area contributed by atoms with Crippen LogP contribution >= 0.6 is 0 Å². The smallest absolute Gasteiger partial charge is 0.123 e. The van der Waals surface area contributed by atoms with E-state index in [-0.39, 0.29) is 5.82 Å². The van der Waals surface area contributed by atoms with Crippen molar-refractivity contribution >= 4 is 21.8 Å². The summed E-state index contributed by atoms with van der Waals surface area (Å²) in [6.45, 7) is 2.02. The molecule has 1 N–H and O–H groups in total. The number of pyridine rings is 1. The predicted octanol–water partition coefficient (Wildman–Crippen LogP) is 4.75. The third-order valence-electron chi connectivity index (χ3n) is 4.10. The molecule has 0 bridgehead atoms. The van der Waals surface area contributed by atoms with Gasteiger partial charge in [-0.3, -0.25) is 4.98 Å². The van der Waals surface area contributed by atoms with Gasteiger partial charge in [0.1, 0.15) is 5.82 Å². The molecule has 22 heavy (non-hydrogen) atoms. The van der Waals surface area contributed by atoms with Crippen molar-refractivity contribution in [3.8, 4) is 0 Å². The van der Waals surface area contributed by atoms with Gasteiger partial charge in [0.2, 0.25) is 0 Å². The van der Waals surface area contributed by atoms with Crippen LogP contribution in [0.25, 0.3) is 21.8 Å². The lowest BCUT2D eigenvalue weighted by Crippen LogP contribution is -1.94. The number of nitrogens with one attached hydrogen (secondary N) is 1. The van der Waals surface area contributed by atoms with Gasteiger partial charge >= 0.3 is 0 Å². The molecule has 0 atom stereocenters. The molecule has 0 spiro atoms. The highest BCUT2D eigenvalue weighted by Crippen LogP contribution is 2.25. The van der Waals surface area contributed by atoms with Crippen LogP contribution in [0, 0.1) is 12.7 Å². The third-order valence-corrected chi connectivity index (χ3v) is 4.10. The van der Waals surface area contributed by atoms with E-state index in [4.69, 9.17) is 4.98 Å². The average molecular weight is 290 g/mol. The molecule has 0 aliphatic rings. The Hall–Kier alpha value is -2.68. The summed E-state index contributed by atoms with van der Waals surface area (Å²) in [5, 5.41) is 2.07. The number of rotatable bonds is 2. The van der Waals surface area contributed by atoms with E-state index in [2.05, 4.69) is 17.1 Å². The molecule has 108 valence electrons. The van der Waals surface area contributed by atoms with Gasteiger partial charge in [-0.25, -0.2) is 4.39 Å². The third kappa shape index (κ3) is 2.15. The zero-order chi connectivity index (χ0) is 15.1. The number of halogens is 1. The monoisotopic (exact) mass is 290 g/mol. The SMILES string of the molecule is Cc1[nH]c2ccc(F)cc2c1Cc1ccc2ccccc2n1. The number of fused-ring (bicyclic) bond motifs is 2. The van der Waals surface area contributed by atoms with Crippen LogP contribution in [0.2, 0.25) is 0 Å². The summed E-state index contributed by atoms with van der Waals surface area (Å²) < 4.78 is 13.5. The second-order valence-electron chi connectivity index (χ2n) is 5.59. The predicted molar refractivity (Wildman–Crippen MR) is 87.5 cm³/mol. The van der Waals surface area contributed by atoms with E-state index in [1.54, 1.807) is 12.1 Å². The Kier molecular flexibility index (Phi) is 2.93. The van der Waals surface area contributed by atoms with E-state index < -0.39 is 0 Å².